The van der Waals surface area contributed by atoms with E-state index in [1.165, 1.54) is 0 Å². The molecule has 0 saturated carbocycles. The van der Waals surface area contributed by atoms with E-state index < -0.39 is 5.97 Å². The van der Waals surface area contributed by atoms with Gasteiger partial charge in [0, 0.05) is 6.20 Å². The van der Waals surface area contributed by atoms with Crippen LogP contribution in [0.3, 0.4) is 0 Å². The number of hydrogen-bond donors (Lipinski definition) is 1. The zero-order valence-corrected chi connectivity index (χ0v) is 11.0. The molecule has 19 heavy (non-hydrogen) atoms. The molecule has 1 heterocycles. The minimum Gasteiger partial charge on any atom is -0.481 e. The predicted octanol–water partition coefficient (Wildman–Crippen LogP) is 2.92. The van der Waals surface area contributed by atoms with Crippen molar-refractivity contribution in [1.82, 2.24) is 9.78 Å². The number of carboxylic acid groups (broad SMARTS) is 1. The maximum Gasteiger partial charge on any atom is 0.306 e. The van der Waals surface area contributed by atoms with E-state index in [9.17, 15) is 4.79 Å². The van der Waals surface area contributed by atoms with Gasteiger partial charge in [0.25, 0.3) is 0 Å². The summed E-state index contributed by atoms with van der Waals surface area (Å²) < 4.78 is 1.78. The molecule has 1 N–H and O–H groups in total. The van der Waals surface area contributed by atoms with Crippen LogP contribution in [0, 0.1) is 5.92 Å². The third-order valence-corrected chi connectivity index (χ3v) is 3.13. The van der Waals surface area contributed by atoms with Crippen LogP contribution in [0.15, 0.2) is 42.7 Å². The van der Waals surface area contributed by atoms with E-state index in [1.54, 1.807) is 10.9 Å². The molecule has 0 radical (unpaired) electrons. The Labute approximate surface area is 112 Å². The zero-order valence-electron chi connectivity index (χ0n) is 11.0. The lowest BCUT2D eigenvalue weighted by Crippen LogP contribution is -2.15. The highest BCUT2D eigenvalue weighted by molar-refractivity contribution is 5.70. The molecule has 0 aliphatic heterocycles. The van der Waals surface area contributed by atoms with Crippen LogP contribution < -0.4 is 0 Å². The smallest absolute Gasteiger partial charge is 0.306 e. The lowest BCUT2D eigenvalue weighted by Gasteiger charge is -2.08. The quantitative estimate of drug-likeness (QED) is 0.866. The Bertz CT molecular complexity index is 534. The van der Waals surface area contributed by atoms with E-state index in [1.807, 2.05) is 43.5 Å². The van der Waals surface area contributed by atoms with Crippen LogP contribution in [0.5, 0.6) is 0 Å². The van der Waals surface area contributed by atoms with Gasteiger partial charge in [-0.3, -0.25) is 4.79 Å². The van der Waals surface area contributed by atoms with Gasteiger partial charge in [-0.15, -0.1) is 0 Å². The Morgan fingerprint density at radius 1 is 1.37 bits per heavy atom. The molecule has 0 aliphatic carbocycles. The molecule has 2 rings (SSSR count). The van der Waals surface area contributed by atoms with Crippen molar-refractivity contribution in [3.05, 3.63) is 48.3 Å². The standard InChI is InChI=1S/C15H18N2O2/c1-2-6-13(15(18)19)9-12-10-16-17(11-12)14-7-4-3-5-8-14/h3-5,7-8,10-11,13H,2,6,9H2,1H3,(H,18,19). The first kappa shape index (κ1) is 13.3. The van der Waals surface area contributed by atoms with Crippen molar-refractivity contribution in [1.29, 1.82) is 0 Å². The van der Waals surface area contributed by atoms with Crippen molar-refractivity contribution in [3.8, 4) is 5.69 Å². The second-order valence-corrected chi connectivity index (χ2v) is 4.66. The highest BCUT2D eigenvalue weighted by Gasteiger charge is 2.17. The molecule has 1 atom stereocenters. The molecule has 1 unspecified atom stereocenters. The lowest BCUT2D eigenvalue weighted by atomic mass is 9.97. The molecule has 0 spiro atoms. The van der Waals surface area contributed by atoms with Crippen LogP contribution in [0.2, 0.25) is 0 Å². The van der Waals surface area contributed by atoms with E-state index in [0.717, 1.165) is 17.7 Å². The number of aliphatic carboxylic acids is 1. The Hall–Kier alpha value is -2.10. The second-order valence-electron chi connectivity index (χ2n) is 4.66. The summed E-state index contributed by atoms with van der Waals surface area (Å²) in [7, 11) is 0. The van der Waals surface area contributed by atoms with Gasteiger partial charge in [-0.2, -0.15) is 5.10 Å². The molecule has 1 aromatic carbocycles. The number of benzene rings is 1. The number of para-hydroxylation sites is 1. The van der Waals surface area contributed by atoms with Gasteiger partial charge in [0.15, 0.2) is 0 Å². The predicted molar refractivity (Wildman–Crippen MR) is 73.3 cm³/mol. The summed E-state index contributed by atoms with van der Waals surface area (Å²) in [4.78, 5) is 11.1. The fourth-order valence-corrected chi connectivity index (χ4v) is 2.13. The number of nitrogens with zero attached hydrogens (tertiary/aromatic N) is 2. The van der Waals surface area contributed by atoms with Crippen molar-refractivity contribution < 1.29 is 9.90 Å². The SMILES string of the molecule is CCCC(Cc1cnn(-c2ccccc2)c1)C(=O)O. The Morgan fingerprint density at radius 2 is 2.11 bits per heavy atom. The monoisotopic (exact) mass is 258 g/mol. The number of carbonyl (C=O) groups is 1. The van der Waals surface area contributed by atoms with E-state index >= 15 is 0 Å². The first-order valence-electron chi connectivity index (χ1n) is 6.52. The van der Waals surface area contributed by atoms with Gasteiger partial charge < -0.3 is 5.11 Å². The maximum absolute atomic E-state index is 11.1. The fraction of sp³-hybridized carbons (Fsp3) is 0.333. The minimum absolute atomic E-state index is 0.321. The van der Waals surface area contributed by atoms with E-state index in [2.05, 4.69) is 5.10 Å². The Morgan fingerprint density at radius 3 is 2.74 bits per heavy atom. The van der Waals surface area contributed by atoms with Crippen LogP contribution in [0.25, 0.3) is 5.69 Å². The second kappa shape index (κ2) is 6.18. The van der Waals surface area contributed by atoms with Gasteiger partial charge >= 0.3 is 5.97 Å². The molecule has 0 amide bonds. The number of aromatic nitrogens is 2. The van der Waals surface area contributed by atoms with E-state index in [0.29, 0.717) is 12.8 Å². The molecule has 0 aliphatic rings. The van der Waals surface area contributed by atoms with Gasteiger partial charge in [-0.05, 0) is 30.5 Å². The highest BCUT2D eigenvalue weighted by Crippen LogP contribution is 2.15. The maximum atomic E-state index is 11.1. The van der Waals surface area contributed by atoms with Gasteiger partial charge in [0.05, 0.1) is 17.8 Å². The van der Waals surface area contributed by atoms with Crippen molar-refractivity contribution >= 4 is 5.97 Å². The Kier molecular flexibility index (Phi) is 4.34. The summed E-state index contributed by atoms with van der Waals surface area (Å²) >= 11 is 0. The number of hydrogen-bond acceptors (Lipinski definition) is 2. The Balaban J connectivity index is 2.11. The molecular weight excluding hydrogens is 240 g/mol. The fourth-order valence-electron chi connectivity index (χ4n) is 2.13. The van der Waals surface area contributed by atoms with E-state index in [4.69, 9.17) is 5.11 Å². The average Bonchev–Trinajstić information content (AvgIpc) is 2.88. The van der Waals surface area contributed by atoms with Gasteiger partial charge in [-0.25, -0.2) is 4.68 Å². The number of carboxylic acids is 1. The summed E-state index contributed by atoms with van der Waals surface area (Å²) in [5.41, 5.74) is 1.95. The zero-order chi connectivity index (χ0) is 13.7. The first-order valence-corrected chi connectivity index (χ1v) is 6.52. The van der Waals surface area contributed by atoms with Crippen LogP contribution in [0.1, 0.15) is 25.3 Å². The third kappa shape index (κ3) is 3.44. The molecule has 4 nitrogen and oxygen atoms in total. The third-order valence-electron chi connectivity index (χ3n) is 3.13. The van der Waals surface area contributed by atoms with Crippen LogP contribution in [0.4, 0.5) is 0 Å². The highest BCUT2D eigenvalue weighted by atomic mass is 16.4. The molecule has 0 bridgehead atoms. The largest absolute Gasteiger partial charge is 0.481 e. The molecule has 100 valence electrons. The van der Waals surface area contributed by atoms with Gasteiger partial charge in [0.1, 0.15) is 0 Å². The van der Waals surface area contributed by atoms with Crippen LogP contribution >= 0.6 is 0 Å². The summed E-state index contributed by atoms with van der Waals surface area (Å²) in [5.74, 6) is -1.05. The van der Waals surface area contributed by atoms with Crippen molar-refractivity contribution in [2.75, 3.05) is 0 Å². The molecule has 4 heteroatoms. The van der Waals surface area contributed by atoms with Crippen molar-refractivity contribution in [2.45, 2.75) is 26.2 Å². The average molecular weight is 258 g/mol. The van der Waals surface area contributed by atoms with Crippen molar-refractivity contribution in [2.24, 2.45) is 5.92 Å². The molecule has 0 fully saturated rings. The normalized spacial score (nSPS) is 12.3. The van der Waals surface area contributed by atoms with Crippen LogP contribution in [-0.2, 0) is 11.2 Å². The molecule has 2 aromatic rings. The lowest BCUT2D eigenvalue weighted by molar-refractivity contribution is -0.141. The summed E-state index contributed by atoms with van der Waals surface area (Å²) in [6, 6.07) is 9.80. The van der Waals surface area contributed by atoms with Gasteiger partial charge in [-0.1, -0.05) is 31.5 Å². The number of rotatable bonds is 6. The van der Waals surface area contributed by atoms with Gasteiger partial charge in [0.2, 0.25) is 0 Å². The summed E-state index contributed by atoms with van der Waals surface area (Å²) in [5, 5.41) is 13.4. The summed E-state index contributed by atoms with van der Waals surface area (Å²) in [6.07, 6.45) is 5.77. The topological polar surface area (TPSA) is 55.1 Å². The minimum atomic E-state index is -0.727. The van der Waals surface area contributed by atoms with Crippen LogP contribution in [-0.4, -0.2) is 20.9 Å². The molecule has 1 aromatic heterocycles. The molecular formula is C15H18N2O2. The first-order chi connectivity index (χ1) is 9.20. The van der Waals surface area contributed by atoms with Crippen molar-refractivity contribution in [3.63, 3.8) is 0 Å². The summed E-state index contributed by atoms with van der Waals surface area (Å²) in [6.45, 7) is 2.00. The molecule has 0 saturated heterocycles. The van der Waals surface area contributed by atoms with E-state index in [-0.39, 0.29) is 5.92 Å².